The maximum Gasteiger partial charge on any atom is 0.240 e. The fourth-order valence-corrected chi connectivity index (χ4v) is 3.60. The van der Waals surface area contributed by atoms with Gasteiger partial charge in [-0.15, -0.1) is 0 Å². The number of carbonyl (C=O) groups is 1. The summed E-state index contributed by atoms with van der Waals surface area (Å²) in [5.41, 5.74) is 0.725. The molecule has 0 unspecified atom stereocenters. The van der Waals surface area contributed by atoms with Crippen molar-refractivity contribution in [1.29, 1.82) is 0 Å². The summed E-state index contributed by atoms with van der Waals surface area (Å²) in [7, 11) is -3.68. The van der Waals surface area contributed by atoms with Crippen molar-refractivity contribution >= 4 is 21.6 Å². The van der Waals surface area contributed by atoms with Gasteiger partial charge in [-0.2, -0.15) is 0 Å². The van der Waals surface area contributed by atoms with E-state index in [1.54, 1.807) is 30.9 Å². The lowest BCUT2D eigenvalue weighted by atomic mass is 9.86. The Bertz CT molecular complexity index is 668. The highest BCUT2D eigenvalue weighted by atomic mass is 32.2. The lowest BCUT2D eigenvalue weighted by Crippen LogP contribution is -2.35. The predicted molar refractivity (Wildman–Crippen MR) is 79.8 cm³/mol. The van der Waals surface area contributed by atoms with Crippen LogP contribution in [0.2, 0.25) is 0 Å². The van der Waals surface area contributed by atoms with Crippen molar-refractivity contribution in [3.63, 3.8) is 0 Å². The first-order chi connectivity index (χ1) is 9.75. The Morgan fingerprint density at radius 2 is 2.00 bits per heavy atom. The number of sulfonamides is 1. The van der Waals surface area contributed by atoms with Gasteiger partial charge in [0.25, 0.3) is 0 Å². The number of nitrogens with one attached hydrogen (secondary N) is 1. The van der Waals surface area contributed by atoms with Crippen molar-refractivity contribution in [3.05, 3.63) is 23.8 Å². The lowest BCUT2D eigenvalue weighted by molar-refractivity contribution is -0.122. The van der Waals surface area contributed by atoms with Crippen molar-refractivity contribution < 1.29 is 18.3 Å². The molecule has 6 nitrogen and oxygen atoms in total. The third-order valence-corrected chi connectivity index (χ3v) is 5.20. The number of hydrogen-bond donors (Lipinski definition) is 2. The van der Waals surface area contributed by atoms with Crippen molar-refractivity contribution in [2.45, 2.75) is 31.1 Å². The summed E-state index contributed by atoms with van der Waals surface area (Å²) in [6, 6.07) is 4.69. The summed E-state index contributed by atoms with van der Waals surface area (Å²) in [4.78, 5) is 14.1. The van der Waals surface area contributed by atoms with Gasteiger partial charge in [0.15, 0.2) is 0 Å². The molecule has 0 spiro atoms. The van der Waals surface area contributed by atoms with Gasteiger partial charge in [0.1, 0.15) is 0 Å². The number of anilines is 1. The van der Waals surface area contributed by atoms with Gasteiger partial charge in [-0.25, -0.2) is 13.1 Å². The Balaban J connectivity index is 2.50. The molecule has 0 saturated carbocycles. The molecule has 1 aromatic rings. The van der Waals surface area contributed by atoms with Crippen LogP contribution in [0.3, 0.4) is 0 Å². The van der Waals surface area contributed by atoms with Gasteiger partial charge < -0.3 is 10.0 Å². The number of aliphatic hydroxyl groups is 1. The van der Waals surface area contributed by atoms with Crippen LogP contribution in [0.4, 0.5) is 5.69 Å². The largest absolute Gasteiger partial charge is 0.395 e. The highest BCUT2D eigenvalue weighted by molar-refractivity contribution is 7.89. The highest BCUT2D eigenvalue weighted by Crippen LogP contribution is 2.42. The van der Waals surface area contributed by atoms with Crippen molar-refractivity contribution in [2.75, 3.05) is 24.6 Å². The average Bonchev–Trinajstić information content (AvgIpc) is 2.64. The lowest BCUT2D eigenvalue weighted by Gasteiger charge is -2.18. The number of benzene rings is 1. The molecule has 2 rings (SSSR count). The zero-order valence-electron chi connectivity index (χ0n) is 12.4. The molecule has 0 bridgehead atoms. The Morgan fingerprint density at radius 1 is 1.33 bits per heavy atom. The van der Waals surface area contributed by atoms with Crippen LogP contribution in [-0.4, -0.2) is 39.1 Å². The van der Waals surface area contributed by atoms with Crippen molar-refractivity contribution in [1.82, 2.24) is 4.72 Å². The molecule has 2 N–H and O–H groups in total. The first-order valence-corrected chi connectivity index (χ1v) is 8.31. The Labute approximate surface area is 124 Å². The number of carbonyl (C=O) groups excluding carboxylic acids is 1. The summed E-state index contributed by atoms with van der Waals surface area (Å²) in [6.45, 7) is 5.71. The number of hydrogen-bond acceptors (Lipinski definition) is 4. The van der Waals surface area contributed by atoms with E-state index in [0.29, 0.717) is 12.1 Å². The van der Waals surface area contributed by atoms with Gasteiger partial charge in [0.2, 0.25) is 15.9 Å². The second-order valence-electron chi connectivity index (χ2n) is 5.47. The number of aliphatic hydroxyl groups excluding tert-OH is 1. The number of rotatable bonds is 5. The zero-order valence-corrected chi connectivity index (χ0v) is 13.2. The summed E-state index contributed by atoms with van der Waals surface area (Å²) in [6.07, 6.45) is 0. The van der Waals surface area contributed by atoms with Crippen molar-refractivity contribution in [2.24, 2.45) is 0 Å². The minimum absolute atomic E-state index is 0.0298. The molecule has 1 aliphatic heterocycles. The second-order valence-corrected chi connectivity index (χ2v) is 7.24. The van der Waals surface area contributed by atoms with Crippen LogP contribution in [0.15, 0.2) is 23.1 Å². The Hall–Kier alpha value is -1.44. The molecule has 1 heterocycles. The molecule has 0 radical (unpaired) electrons. The molecule has 116 valence electrons. The number of fused-ring (bicyclic) bond motifs is 1. The van der Waals surface area contributed by atoms with E-state index in [1.807, 2.05) is 6.92 Å². The molecule has 0 saturated heterocycles. The quantitative estimate of drug-likeness (QED) is 0.833. The van der Waals surface area contributed by atoms with Crippen LogP contribution in [0.5, 0.6) is 0 Å². The molecule has 1 aromatic carbocycles. The predicted octanol–water partition coefficient (Wildman–Crippen LogP) is 0.601. The first-order valence-electron chi connectivity index (χ1n) is 6.82. The molecule has 0 atom stereocenters. The molecular weight excluding hydrogens is 292 g/mol. The molecule has 1 aliphatic rings. The third kappa shape index (κ3) is 2.56. The summed E-state index contributed by atoms with van der Waals surface area (Å²) in [5.74, 6) is -0.0298. The fourth-order valence-electron chi connectivity index (χ4n) is 2.56. The smallest absolute Gasteiger partial charge is 0.240 e. The molecule has 0 aromatic heterocycles. The van der Waals surface area contributed by atoms with E-state index in [-0.39, 0.29) is 24.0 Å². The van der Waals surface area contributed by atoms with Gasteiger partial charge in [-0.1, -0.05) is 0 Å². The van der Waals surface area contributed by atoms with Crippen LogP contribution < -0.4 is 9.62 Å². The van der Waals surface area contributed by atoms with E-state index in [1.165, 1.54) is 6.07 Å². The first kappa shape index (κ1) is 15.9. The van der Waals surface area contributed by atoms with Crippen LogP contribution in [-0.2, 0) is 20.2 Å². The monoisotopic (exact) mass is 312 g/mol. The van der Waals surface area contributed by atoms with Gasteiger partial charge >= 0.3 is 0 Å². The van der Waals surface area contributed by atoms with Crippen molar-refractivity contribution in [3.8, 4) is 0 Å². The molecule has 1 amide bonds. The van der Waals surface area contributed by atoms with E-state index in [2.05, 4.69) is 4.72 Å². The van der Waals surface area contributed by atoms with Crippen LogP contribution in [0, 0.1) is 0 Å². The van der Waals surface area contributed by atoms with E-state index >= 15 is 0 Å². The molecule has 7 heteroatoms. The molecular formula is C14H20N2O4S. The standard InChI is InChI=1S/C14H20N2O4S/c1-4-16-12-6-5-10(21(19,20)15-7-8-17)9-11(12)14(2,3)13(16)18/h5-6,9,15,17H,4,7-8H2,1-3H3. The van der Waals surface area contributed by atoms with Gasteiger partial charge in [-0.3, -0.25) is 4.79 Å². The van der Waals surface area contributed by atoms with Crippen LogP contribution in [0.1, 0.15) is 26.3 Å². The summed E-state index contributed by atoms with van der Waals surface area (Å²) >= 11 is 0. The fraction of sp³-hybridized carbons (Fsp3) is 0.500. The minimum Gasteiger partial charge on any atom is -0.395 e. The summed E-state index contributed by atoms with van der Waals surface area (Å²) < 4.78 is 26.5. The maximum absolute atomic E-state index is 12.4. The molecule has 0 aliphatic carbocycles. The molecule has 0 fully saturated rings. The normalized spacial score (nSPS) is 17.1. The van der Waals surface area contributed by atoms with E-state index < -0.39 is 15.4 Å². The van der Waals surface area contributed by atoms with Gasteiger partial charge in [-0.05, 0) is 44.5 Å². The number of nitrogens with zero attached hydrogens (tertiary/aromatic N) is 1. The summed E-state index contributed by atoms with van der Waals surface area (Å²) in [5, 5.41) is 8.74. The third-order valence-electron chi connectivity index (χ3n) is 3.74. The highest BCUT2D eigenvalue weighted by Gasteiger charge is 2.43. The van der Waals surface area contributed by atoms with Crippen LogP contribution >= 0.6 is 0 Å². The van der Waals surface area contributed by atoms with Gasteiger partial charge in [0.05, 0.1) is 16.9 Å². The zero-order chi connectivity index (χ0) is 15.8. The van der Waals surface area contributed by atoms with Gasteiger partial charge in [0, 0.05) is 18.8 Å². The Morgan fingerprint density at radius 3 is 2.57 bits per heavy atom. The van der Waals surface area contributed by atoms with E-state index in [4.69, 9.17) is 5.11 Å². The maximum atomic E-state index is 12.4. The second kappa shape index (κ2) is 5.40. The minimum atomic E-state index is -3.68. The van der Waals surface area contributed by atoms with E-state index in [0.717, 1.165) is 5.69 Å². The Kier molecular flexibility index (Phi) is 4.10. The topological polar surface area (TPSA) is 86.7 Å². The van der Waals surface area contributed by atoms with E-state index in [9.17, 15) is 13.2 Å². The number of amides is 1. The SMILES string of the molecule is CCN1C(=O)C(C)(C)c2cc(S(=O)(=O)NCCO)ccc21. The number of likely N-dealkylation sites (N-methyl/N-ethyl adjacent to an activating group) is 1. The molecule has 21 heavy (non-hydrogen) atoms. The van der Waals surface area contributed by atoms with Crippen LogP contribution in [0.25, 0.3) is 0 Å². The average molecular weight is 312 g/mol.